The number of rotatable bonds is 3. The molecule has 2 rings (SSSR count). The Bertz CT molecular complexity index is 361. The van der Waals surface area contributed by atoms with Crippen molar-refractivity contribution < 1.29 is 19.3 Å². The Labute approximate surface area is 97.2 Å². The van der Waals surface area contributed by atoms with Crippen molar-refractivity contribution in [2.75, 3.05) is 12.4 Å². The Morgan fingerprint density at radius 1 is 1.44 bits per heavy atom. The lowest BCUT2D eigenvalue weighted by Gasteiger charge is -2.14. The van der Waals surface area contributed by atoms with Crippen LogP contribution in [0.2, 0.25) is 0 Å². The lowest BCUT2D eigenvalue weighted by atomic mass is 10.2. The molecule has 0 radical (unpaired) electrons. The van der Waals surface area contributed by atoms with Crippen LogP contribution in [-0.4, -0.2) is 40.9 Å². The van der Waals surface area contributed by atoms with E-state index in [4.69, 9.17) is 4.74 Å². The van der Waals surface area contributed by atoms with E-state index in [1.165, 1.54) is 23.9 Å². The molecule has 2 N–H and O–H groups in total. The van der Waals surface area contributed by atoms with Gasteiger partial charge in [-0.2, -0.15) is 0 Å². The monoisotopic (exact) mass is 244 g/mol. The Morgan fingerprint density at radius 3 is 2.88 bits per heavy atom. The van der Waals surface area contributed by atoms with Crippen molar-refractivity contribution in [2.45, 2.75) is 23.2 Å². The minimum Gasteiger partial charge on any atom is -0.388 e. The minimum atomic E-state index is -0.846. The maximum atomic E-state index is 12.9. The van der Waals surface area contributed by atoms with Crippen LogP contribution in [0.5, 0.6) is 0 Å². The third-order valence-corrected chi connectivity index (χ3v) is 3.55. The molecular weight excluding hydrogens is 231 g/mol. The lowest BCUT2D eigenvalue weighted by Crippen LogP contribution is -2.31. The number of benzene rings is 1. The Kier molecular flexibility index (Phi) is 3.81. The maximum absolute atomic E-state index is 12.9. The standard InChI is InChI=1S/C11H13FO3S/c12-7-2-1-3-8(4-7)16-6-10-11(14)9(13)5-15-10/h1-4,9-11,13-14H,5-6H2. The number of ether oxygens (including phenoxy) is 1. The van der Waals surface area contributed by atoms with Crippen LogP contribution in [0, 0.1) is 5.82 Å². The van der Waals surface area contributed by atoms with Crippen LogP contribution in [-0.2, 0) is 4.74 Å². The molecule has 3 unspecified atom stereocenters. The predicted octanol–water partition coefficient (Wildman–Crippen LogP) is 1.04. The Morgan fingerprint density at radius 2 is 2.25 bits per heavy atom. The second-order valence-corrected chi connectivity index (χ2v) is 4.79. The summed E-state index contributed by atoms with van der Waals surface area (Å²) in [6, 6.07) is 6.25. The number of aliphatic hydroxyl groups excluding tert-OH is 2. The molecule has 3 nitrogen and oxygen atoms in total. The van der Waals surface area contributed by atoms with Crippen LogP contribution in [0.15, 0.2) is 29.2 Å². The smallest absolute Gasteiger partial charge is 0.124 e. The first-order valence-electron chi connectivity index (χ1n) is 5.03. The quantitative estimate of drug-likeness (QED) is 0.780. The highest BCUT2D eigenvalue weighted by Gasteiger charge is 2.34. The highest BCUT2D eigenvalue weighted by atomic mass is 32.2. The number of hydrogen-bond acceptors (Lipinski definition) is 4. The zero-order valence-electron chi connectivity index (χ0n) is 8.54. The molecule has 0 aromatic heterocycles. The number of hydrogen-bond donors (Lipinski definition) is 2. The summed E-state index contributed by atoms with van der Waals surface area (Å²) in [6.45, 7) is 0.162. The summed E-state index contributed by atoms with van der Waals surface area (Å²) < 4.78 is 18.1. The molecule has 0 spiro atoms. The van der Waals surface area contributed by atoms with Crippen molar-refractivity contribution in [3.8, 4) is 0 Å². The highest BCUT2D eigenvalue weighted by Crippen LogP contribution is 2.24. The summed E-state index contributed by atoms with van der Waals surface area (Å²) in [5.74, 6) is 0.222. The summed E-state index contributed by atoms with van der Waals surface area (Å²) in [4.78, 5) is 0.789. The van der Waals surface area contributed by atoms with Gasteiger partial charge >= 0.3 is 0 Å². The average molecular weight is 244 g/mol. The van der Waals surface area contributed by atoms with Crippen molar-refractivity contribution in [1.29, 1.82) is 0 Å². The third-order valence-electron chi connectivity index (χ3n) is 2.47. The molecule has 16 heavy (non-hydrogen) atoms. The molecule has 88 valence electrons. The van der Waals surface area contributed by atoms with Crippen molar-refractivity contribution in [3.05, 3.63) is 30.1 Å². The number of aliphatic hydroxyl groups is 2. The van der Waals surface area contributed by atoms with Crippen molar-refractivity contribution in [3.63, 3.8) is 0 Å². The van der Waals surface area contributed by atoms with Gasteiger partial charge in [-0.25, -0.2) is 4.39 Å². The largest absolute Gasteiger partial charge is 0.388 e. The van der Waals surface area contributed by atoms with Gasteiger partial charge in [-0.1, -0.05) is 6.07 Å². The fourth-order valence-corrected chi connectivity index (χ4v) is 2.57. The maximum Gasteiger partial charge on any atom is 0.124 e. The summed E-state index contributed by atoms with van der Waals surface area (Å²) >= 11 is 1.40. The molecule has 1 saturated heterocycles. The first kappa shape index (κ1) is 11.9. The summed E-state index contributed by atoms with van der Waals surface area (Å²) in [6.07, 6.45) is -2.04. The normalized spacial score (nSPS) is 29.6. The van der Waals surface area contributed by atoms with E-state index in [-0.39, 0.29) is 18.5 Å². The predicted molar refractivity (Wildman–Crippen MR) is 58.9 cm³/mol. The molecule has 0 bridgehead atoms. The summed E-state index contributed by atoms with van der Waals surface area (Å²) in [7, 11) is 0. The van der Waals surface area contributed by atoms with Crippen LogP contribution in [0.4, 0.5) is 4.39 Å². The van der Waals surface area contributed by atoms with E-state index >= 15 is 0 Å². The molecule has 0 saturated carbocycles. The summed E-state index contributed by atoms with van der Waals surface area (Å²) in [5.41, 5.74) is 0. The van der Waals surface area contributed by atoms with Gasteiger partial charge in [0.05, 0.1) is 12.7 Å². The van der Waals surface area contributed by atoms with E-state index in [1.54, 1.807) is 12.1 Å². The van der Waals surface area contributed by atoms with Crippen LogP contribution in [0.1, 0.15) is 0 Å². The Balaban J connectivity index is 1.88. The number of thioether (sulfide) groups is 1. The molecule has 1 fully saturated rings. The second kappa shape index (κ2) is 5.14. The van der Waals surface area contributed by atoms with Crippen LogP contribution < -0.4 is 0 Å². The fraction of sp³-hybridized carbons (Fsp3) is 0.455. The molecule has 1 heterocycles. The van der Waals surface area contributed by atoms with Gasteiger partial charge in [0, 0.05) is 10.6 Å². The molecule has 5 heteroatoms. The van der Waals surface area contributed by atoms with Gasteiger partial charge in [0.15, 0.2) is 0 Å². The van der Waals surface area contributed by atoms with E-state index < -0.39 is 12.2 Å². The van der Waals surface area contributed by atoms with Gasteiger partial charge in [0.25, 0.3) is 0 Å². The van der Waals surface area contributed by atoms with E-state index in [0.29, 0.717) is 5.75 Å². The van der Waals surface area contributed by atoms with Gasteiger partial charge < -0.3 is 14.9 Å². The van der Waals surface area contributed by atoms with Gasteiger partial charge in [0.2, 0.25) is 0 Å². The molecule has 0 amide bonds. The third kappa shape index (κ3) is 2.74. The van der Waals surface area contributed by atoms with Gasteiger partial charge in [-0.15, -0.1) is 11.8 Å². The Hall–Kier alpha value is -0.620. The van der Waals surface area contributed by atoms with Gasteiger partial charge in [0.1, 0.15) is 18.0 Å². The molecule has 1 aliphatic heterocycles. The topological polar surface area (TPSA) is 49.7 Å². The molecule has 1 aromatic rings. The van der Waals surface area contributed by atoms with Crippen LogP contribution in [0.25, 0.3) is 0 Å². The van der Waals surface area contributed by atoms with E-state index in [2.05, 4.69) is 0 Å². The van der Waals surface area contributed by atoms with Crippen molar-refractivity contribution >= 4 is 11.8 Å². The first-order chi connectivity index (χ1) is 7.66. The van der Waals surface area contributed by atoms with Crippen LogP contribution in [0.3, 0.4) is 0 Å². The summed E-state index contributed by atoms with van der Waals surface area (Å²) in [5, 5.41) is 18.8. The van der Waals surface area contributed by atoms with Crippen LogP contribution >= 0.6 is 11.8 Å². The zero-order valence-corrected chi connectivity index (χ0v) is 9.36. The second-order valence-electron chi connectivity index (χ2n) is 3.70. The van der Waals surface area contributed by atoms with Crippen molar-refractivity contribution in [2.24, 2.45) is 0 Å². The minimum absolute atomic E-state index is 0.162. The van der Waals surface area contributed by atoms with E-state index in [9.17, 15) is 14.6 Å². The fourth-order valence-electron chi connectivity index (χ4n) is 1.55. The lowest BCUT2D eigenvalue weighted by molar-refractivity contribution is 0.0337. The molecule has 1 aliphatic rings. The van der Waals surface area contributed by atoms with Gasteiger partial charge in [-0.05, 0) is 18.2 Å². The molecule has 0 aliphatic carbocycles. The molecular formula is C11H13FO3S. The zero-order chi connectivity index (χ0) is 11.5. The van der Waals surface area contributed by atoms with Crippen molar-refractivity contribution in [1.82, 2.24) is 0 Å². The molecule has 3 atom stereocenters. The molecule has 1 aromatic carbocycles. The average Bonchev–Trinajstić information content (AvgIpc) is 2.57. The highest BCUT2D eigenvalue weighted by molar-refractivity contribution is 7.99. The number of halogens is 1. The van der Waals surface area contributed by atoms with E-state index in [0.717, 1.165) is 4.90 Å². The SMILES string of the molecule is OC1COC(CSc2cccc(F)c2)C1O. The van der Waals surface area contributed by atoms with E-state index in [1.807, 2.05) is 0 Å². The first-order valence-corrected chi connectivity index (χ1v) is 6.01. The van der Waals surface area contributed by atoms with Gasteiger partial charge in [-0.3, -0.25) is 0 Å².